The van der Waals surface area contributed by atoms with E-state index in [4.69, 9.17) is 0 Å². The molecule has 0 saturated heterocycles. The predicted octanol–water partition coefficient (Wildman–Crippen LogP) is 2.53. The summed E-state index contributed by atoms with van der Waals surface area (Å²) in [5, 5.41) is 12.6. The van der Waals surface area contributed by atoms with E-state index < -0.39 is 0 Å². The quantitative estimate of drug-likeness (QED) is 0.794. The van der Waals surface area contributed by atoms with Gasteiger partial charge in [0.2, 0.25) is 0 Å². The summed E-state index contributed by atoms with van der Waals surface area (Å²) in [6.07, 6.45) is 2.82. The molecule has 90 valence electrons. The van der Waals surface area contributed by atoms with Crippen molar-refractivity contribution in [1.82, 2.24) is 25.2 Å². The number of nitrogens with zero attached hydrogens (tertiary/aromatic N) is 5. The summed E-state index contributed by atoms with van der Waals surface area (Å²) in [5.74, 6) is 1.63. The average molecular weight is 314 g/mol. The predicted molar refractivity (Wildman–Crippen MR) is 69.6 cm³/mol. The second-order valence-corrected chi connectivity index (χ2v) is 5.33. The van der Waals surface area contributed by atoms with Crippen molar-refractivity contribution in [3.63, 3.8) is 0 Å². The summed E-state index contributed by atoms with van der Waals surface area (Å²) in [6, 6.07) is 3.95. The molecule has 0 aliphatic carbocycles. The van der Waals surface area contributed by atoms with Gasteiger partial charge in [-0.05, 0) is 44.9 Å². The Labute approximate surface area is 112 Å². The first-order valence-electron chi connectivity index (χ1n) is 5.29. The molecular weight excluding hydrogens is 302 g/mol. The van der Waals surface area contributed by atoms with Gasteiger partial charge in [0, 0.05) is 17.2 Å². The fourth-order valence-electron chi connectivity index (χ4n) is 1.30. The van der Waals surface area contributed by atoms with Crippen LogP contribution in [0.3, 0.4) is 0 Å². The zero-order chi connectivity index (χ0) is 12.1. The zero-order valence-electron chi connectivity index (χ0n) is 9.38. The van der Waals surface area contributed by atoms with Gasteiger partial charge in [-0.15, -0.1) is 5.10 Å². The van der Waals surface area contributed by atoms with Crippen molar-refractivity contribution in [2.24, 2.45) is 0 Å². The van der Waals surface area contributed by atoms with Gasteiger partial charge in [-0.3, -0.25) is 0 Å². The molecule has 7 heteroatoms. The molecule has 2 aromatic rings. The summed E-state index contributed by atoms with van der Waals surface area (Å²) >= 11 is 4.99. The molecule has 2 aromatic heterocycles. The molecule has 0 fully saturated rings. The third-order valence-electron chi connectivity index (χ3n) is 2.09. The number of thioether (sulfide) groups is 1. The van der Waals surface area contributed by atoms with E-state index in [9.17, 15) is 0 Å². The lowest BCUT2D eigenvalue weighted by molar-refractivity contribution is 0.564. The van der Waals surface area contributed by atoms with Gasteiger partial charge in [-0.25, -0.2) is 9.67 Å². The number of hydrogen-bond donors (Lipinski definition) is 0. The van der Waals surface area contributed by atoms with E-state index in [0.29, 0.717) is 0 Å². The Balaban J connectivity index is 1.97. The van der Waals surface area contributed by atoms with Crippen molar-refractivity contribution < 1.29 is 0 Å². The van der Waals surface area contributed by atoms with Crippen LogP contribution < -0.4 is 0 Å². The van der Waals surface area contributed by atoms with E-state index in [1.54, 1.807) is 18.0 Å². The molecule has 0 aliphatic heterocycles. The molecule has 0 aromatic carbocycles. The second-order valence-electron chi connectivity index (χ2n) is 3.42. The molecule has 0 N–H and O–H groups in total. The zero-order valence-corrected chi connectivity index (χ0v) is 11.8. The Hall–Kier alpha value is -0.950. The highest BCUT2D eigenvalue weighted by molar-refractivity contribution is 9.10. The molecule has 0 radical (unpaired) electrons. The molecule has 0 atom stereocenters. The largest absolute Gasteiger partial charge is 0.249 e. The van der Waals surface area contributed by atoms with Gasteiger partial charge in [-0.1, -0.05) is 18.7 Å². The normalized spacial score (nSPS) is 10.7. The standard InChI is InChI=1S/C10H12BrN5S/c1-2-5-16-9(13-14-15-16)7-17-10-4-3-8(11)6-12-10/h3-4,6H,2,5,7H2,1H3. The third kappa shape index (κ3) is 3.50. The molecule has 0 spiro atoms. The van der Waals surface area contributed by atoms with E-state index in [0.717, 1.165) is 34.0 Å². The summed E-state index contributed by atoms with van der Waals surface area (Å²) in [4.78, 5) is 4.29. The maximum atomic E-state index is 4.29. The van der Waals surface area contributed by atoms with Gasteiger partial charge in [0.05, 0.1) is 10.8 Å². The average Bonchev–Trinajstić information content (AvgIpc) is 2.77. The first kappa shape index (κ1) is 12.5. The minimum absolute atomic E-state index is 0.738. The lowest BCUT2D eigenvalue weighted by Crippen LogP contribution is -2.04. The lowest BCUT2D eigenvalue weighted by Gasteiger charge is -2.02. The molecular formula is C10H12BrN5S. The maximum absolute atomic E-state index is 4.29. The smallest absolute Gasteiger partial charge is 0.161 e. The molecule has 2 rings (SSSR count). The van der Waals surface area contributed by atoms with E-state index >= 15 is 0 Å². The number of aromatic nitrogens is 5. The number of rotatable bonds is 5. The van der Waals surface area contributed by atoms with E-state index in [2.05, 4.69) is 43.4 Å². The number of halogens is 1. The third-order valence-corrected chi connectivity index (χ3v) is 3.50. The lowest BCUT2D eigenvalue weighted by atomic mass is 10.5. The van der Waals surface area contributed by atoms with Crippen LogP contribution in [0.4, 0.5) is 0 Å². The van der Waals surface area contributed by atoms with Crippen molar-refractivity contribution in [3.8, 4) is 0 Å². The summed E-state index contributed by atoms with van der Waals surface area (Å²) in [6.45, 7) is 2.96. The number of tetrazole rings is 1. The highest BCUT2D eigenvalue weighted by Crippen LogP contribution is 2.20. The van der Waals surface area contributed by atoms with Crippen LogP contribution in [0, 0.1) is 0 Å². The van der Waals surface area contributed by atoms with Crippen LogP contribution in [-0.2, 0) is 12.3 Å². The second kappa shape index (κ2) is 6.11. The van der Waals surface area contributed by atoms with Gasteiger partial charge in [0.25, 0.3) is 0 Å². The molecule has 17 heavy (non-hydrogen) atoms. The van der Waals surface area contributed by atoms with Crippen LogP contribution in [0.2, 0.25) is 0 Å². The van der Waals surface area contributed by atoms with Crippen LogP contribution in [0.5, 0.6) is 0 Å². The Bertz CT molecular complexity index is 470. The maximum Gasteiger partial charge on any atom is 0.161 e. The topological polar surface area (TPSA) is 56.5 Å². The van der Waals surface area contributed by atoms with Crippen LogP contribution in [0.15, 0.2) is 27.8 Å². The van der Waals surface area contributed by atoms with E-state index in [-0.39, 0.29) is 0 Å². The van der Waals surface area contributed by atoms with Crippen molar-refractivity contribution in [1.29, 1.82) is 0 Å². The summed E-state index contributed by atoms with van der Waals surface area (Å²) in [5.41, 5.74) is 0. The van der Waals surface area contributed by atoms with Crippen LogP contribution in [-0.4, -0.2) is 25.2 Å². The molecule has 2 heterocycles. The minimum Gasteiger partial charge on any atom is -0.249 e. The monoisotopic (exact) mass is 313 g/mol. The first-order valence-corrected chi connectivity index (χ1v) is 7.07. The highest BCUT2D eigenvalue weighted by atomic mass is 79.9. The Morgan fingerprint density at radius 1 is 1.41 bits per heavy atom. The Kier molecular flexibility index (Phi) is 4.49. The molecule has 0 bridgehead atoms. The number of aryl methyl sites for hydroxylation is 1. The fourth-order valence-corrected chi connectivity index (χ4v) is 2.31. The van der Waals surface area contributed by atoms with Gasteiger partial charge < -0.3 is 0 Å². The van der Waals surface area contributed by atoms with Gasteiger partial charge >= 0.3 is 0 Å². The van der Waals surface area contributed by atoms with Gasteiger partial charge in [0.15, 0.2) is 5.82 Å². The van der Waals surface area contributed by atoms with Crippen molar-refractivity contribution >= 4 is 27.7 Å². The summed E-state index contributed by atoms with van der Waals surface area (Å²) in [7, 11) is 0. The molecule has 0 aliphatic rings. The molecule has 0 saturated carbocycles. The van der Waals surface area contributed by atoms with Crippen LogP contribution in [0.25, 0.3) is 0 Å². The number of hydrogen-bond acceptors (Lipinski definition) is 5. The van der Waals surface area contributed by atoms with Gasteiger partial charge in [0.1, 0.15) is 0 Å². The van der Waals surface area contributed by atoms with Gasteiger partial charge in [-0.2, -0.15) is 0 Å². The van der Waals surface area contributed by atoms with Crippen molar-refractivity contribution in [3.05, 3.63) is 28.6 Å². The van der Waals surface area contributed by atoms with Crippen molar-refractivity contribution in [2.45, 2.75) is 30.7 Å². The Morgan fingerprint density at radius 3 is 3.00 bits per heavy atom. The minimum atomic E-state index is 0.738. The Morgan fingerprint density at radius 2 is 2.29 bits per heavy atom. The fraction of sp³-hybridized carbons (Fsp3) is 0.400. The van der Waals surface area contributed by atoms with Crippen molar-refractivity contribution in [2.75, 3.05) is 0 Å². The summed E-state index contributed by atoms with van der Waals surface area (Å²) < 4.78 is 2.82. The number of pyridine rings is 1. The molecule has 0 amide bonds. The molecule has 0 unspecified atom stereocenters. The van der Waals surface area contributed by atoms with Crippen LogP contribution in [0.1, 0.15) is 19.2 Å². The SMILES string of the molecule is CCCn1nnnc1CSc1ccc(Br)cn1. The van der Waals surface area contributed by atoms with E-state index in [1.807, 2.05) is 16.8 Å². The van der Waals surface area contributed by atoms with Crippen LogP contribution >= 0.6 is 27.7 Å². The molecule has 5 nitrogen and oxygen atoms in total. The van der Waals surface area contributed by atoms with E-state index in [1.165, 1.54) is 0 Å². The first-order chi connectivity index (χ1) is 8.29. The highest BCUT2D eigenvalue weighted by Gasteiger charge is 2.06.